The second-order valence-electron chi connectivity index (χ2n) is 7.23. The smallest absolute Gasteiger partial charge is 0.254 e. The SMILES string of the molecule is O=C(Cn1cnc(-c2ccco2)cc1=O)N1CCC(Cc2ccccc2)CC1. The van der Waals surface area contributed by atoms with Gasteiger partial charge in [-0.25, -0.2) is 4.98 Å². The molecule has 0 atom stereocenters. The summed E-state index contributed by atoms with van der Waals surface area (Å²) in [4.78, 5) is 31.0. The Morgan fingerprint density at radius 2 is 1.89 bits per heavy atom. The van der Waals surface area contributed by atoms with E-state index >= 15 is 0 Å². The standard InChI is InChI=1S/C22H23N3O3/c26-21-14-19(20-7-4-12-28-20)23-16-25(21)15-22(27)24-10-8-18(9-11-24)13-17-5-2-1-3-6-17/h1-7,12,14,16,18H,8-11,13,15H2. The normalized spacial score (nSPS) is 14.9. The number of furan rings is 1. The molecule has 4 rings (SSSR count). The van der Waals surface area contributed by atoms with Gasteiger partial charge in [0.15, 0.2) is 5.76 Å². The maximum absolute atomic E-state index is 12.6. The average molecular weight is 377 g/mol. The minimum absolute atomic E-state index is 0.0214. The Morgan fingerprint density at radius 1 is 1.11 bits per heavy atom. The number of hydrogen-bond acceptors (Lipinski definition) is 4. The first-order valence-electron chi connectivity index (χ1n) is 9.61. The lowest BCUT2D eigenvalue weighted by molar-refractivity contribution is -0.133. The lowest BCUT2D eigenvalue weighted by Crippen LogP contribution is -2.41. The topological polar surface area (TPSA) is 68.3 Å². The molecule has 1 aromatic carbocycles. The Morgan fingerprint density at radius 3 is 2.57 bits per heavy atom. The van der Waals surface area contributed by atoms with Crippen LogP contribution in [0, 0.1) is 5.92 Å². The highest BCUT2D eigenvalue weighted by Crippen LogP contribution is 2.22. The van der Waals surface area contributed by atoms with E-state index in [0.29, 0.717) is 17.4 Å². The molecule has 0 spiro atoms. The second-order valence-corrected chi connectivity index (χ2v) is 7.23. The number of piperidine rings is 1. The van der Waals surface area contributed by atoms with E-state index in [4.69, 9.17) is 4.42 Å². The lowest BCUT2D eigenvalue weighted by atomic mass is 9.90. The fourth-order valence-corrected chi connectivity index (χ4v) is 3.68. The average Bonchev–Trinajstić information content (AvgIpc) is 3.26. The number of likely N-dealkylation sites (tertiary alicyclic amines) is 1. The quantitative estimate of drug-likeness (QED) is 0.685. The van der Waals surface area contributed by atoms with Gasteiger partial charge in [0.1, 0.15) is 12.2 Å². The highest BCUT2D eigenvalue weighted by atomic mass is 16.3. The Labute approximate surface area is 163 Å². The van der Waals surface area contributed by atoms with Crippen molar-refractivity contribution < 1.29 is 9.21 Å². The maximum atomic E-state index is 12.6. The number of carbonyl (C=O) groups is 1. The number of benzene rings is 1. The fourth-order valence-electron chi connectivity index (χ4n) is 3.68. The molecule has 2 aromatic heterocycles. The molecule has 1 aliphatic rings. The molecule has 3 heterocycles. The summed E-state index contributed by atoms with van der Waals surface area (Å²) in [5.74, 6) is 1.10. The molecular formula is C22H23N3O3. The van der Waals surface area contributed by atoms with E-state index in [2.05, 4.69) is 29.2 Å². The first-order chi connectivity index (χ1) is 13.7. The zero-order valence-corrected chi connectivity index (χ0v) is 15.7. The van der Waals surface area contributed by atoms with Crippen molar-refractivity contribution in [1.82, 2.24) is 14.5 Å². The van der Waals surface area contributed by atoms with Gasteiger partial charge in [0.05, 0.1) is 12.6 Å². The van der Waals surface area contributed by atoms with Crippen LogP contribution in [0.2, 0.25) is 0 Å². The van der Waals surface area contributed by atoms with E-state index in [1.807, 2.05) is 11.0 Å². The number of amides is 1. The van der Waals surface area contributed by atoms with Crippen LogP contribution in [0.15, 0.2) is 70.3 Å². The van der Waals surface area contributed by atoms with Crippen LogP contribution in [-0.2, 0) is 17.8 Å². The monoisotopic (exact) mass is 377 g/mol. The van der Waals surface area contributed by atoms with Crippen LogP contribution in [0.4, 0.5) is 0 Å². The summed E-state index contributed by atoms with van der Waals surface area (Å²) in [6.45, 7) is 1.50. The van der Waals surface area contributed by atoms with E-state index in [1.54, 1.807) is 12.1 Å². The molecule has 3 aromatic rings. The van der Waals surface area contributed by atoms with Crippen molar-refractivity contribution in [2.75, 3.05) is 13.1 Å². The number of aromatic nitrogens is 2. The summed E-state index contributed by atoms with van der Waals surface area (Å²) < 4.78 is 6.61. The molecule has 0 N–H and O–H groups in total. The van der Waals surface area contributed by atoms with Gasteiger partial charge in [-0.1, -0.05) is 30.3 Å². The Hall–Kier alpha value is -3.15. The van der Waals surface area contributed by atoms with Gasteiger partial charge >= 0.3 is 0 Å². The highest BCUT2D eigenvalue weighted by Gasteiger charge is 2.23. The van der Waals surface area contributed by atoms with E-state index in [9.17, 15) is 9.59 Å². The summed E-state index contributed by atoms with van der Waals surface area (Å²) in [6.07, 6.45) is 5.99. The van der Waals surface area contributed by atoms with Crippen LogP contribution < -0.4 is 5.56 Å². The molecule has 6 nitrogen and oxygen atoms in total. The largest absolute Gasteiger partial charge is 0.463 e. The molecular weight excluding hydrogens is 354 g/mol. The van der Waals surface area contributed by atoms with Crippen molar-refractivity contribution in [3.63, 3.8) is 0 Å². The van der Waals surface area contributed by atoms with Crippen LogP contribution in [0.5, 0.6) is 0 Å². The molecule has 1 saturated heterocycles. The first-order valence-corrected chi connectivity index (χ1v) is 9.61. The van der Waals surface area contributed by atoms with Gasteiger partial charge in [-0.05, 0) is 42.9 Å². The maximum Gasteiger partial charge on any atom is 0.254 e. The van der Waals surface area contributed by atoms with Gasteiger partial charge in [0, 0.05) is 19.2 Å². The van der Waals surface area contributed by atoms with Crippen molar-refractivity contribution >= 4 is 5.91 Å². The zero-order chi connectivity index (χ0) is 19.3. The van der Waals surface area contributed by atoms with Gasteiger partial charge in [0.2, 0.25) is 5.91 Å². The van der Waals surface area contributed by atoms with Crippen LogP contribution in [0.3, 0.4) is 0 Å². The van der Waals surface area contributed by atoms with Crippen molar-refractivity contribution in [3.8, 4) is 11.5 Å². The van der Waals surface area contributed by atoms with Crippen LogP contribution >= 0.6 is 0 Å². The molecule has 0 bridgehead atoms. The van der Waals surface area contributed by atoms with Crippen molar-refractivity contribution in [1.29, 1.82) is 0 Å². The number of hydrogen-bond donors (Lipinski definition) is 0. The summed E-state index contributed by atoms with van der Waals surface area (Å²) in [7, 11) is 0. The van der Waals surface area contributed by atoms with Crippen molar-refractivity contribution in [3.05, 3.63) is 77.0 Å². The van der Waals surface area contributed by atoms with Gasteiger partial charge < -0.3 is 9.32 Å². The Kier molecular flexibility index (Phi) is 5.37. The van der Waals surface area contributed by atoms with Crippen molar-refractivity contribution in [2.45, 2.75) is 25.8 Å². The minimum Gasteiger partial charge on any atom is -0.463 e. The van der Waals surface area contributed by atoms with Crippen LogP contribution in [-0.4, -0.2) is 33.4 Å². The van der Waals surface area contributed by atoms with Gasteiger partial charge in [-0.2, -0.15) is 0 Å². The summed E-state index contributed by atoms with van der Waals surface area (Å²) >= 11 is 0. The van der Waals surface area contributed by atoms with E-state index in [-0.39, 0.29) is 18.0 Å². The van der Waals surface area contributed by atoms with E-state index < -0.39 is 0 Å². The summed E-state index contributed by atoms with van der Waals surface area (Å²) in [5, 5.41) is 0. The zero-order valence-electron chi connectivity index (χ0n) is 15.7. The molecule has 0 aliphatic carbocycles. The summed E-state index contributed by atoms with van der Waals surface area (Å²) in [6, 6.07) is 15.4. The van der Waals surface area contributed by atoms with E-state index in [1.165, 1.54) is 28.8 Å². The molecule has 0 radical (unpaired) electrons. The van der Waals surface area contributed by atoms with Gasteiger partial charge in [-0.3, -0.25) is 14.2 Å². The second kappa shape index (κ2) is 8.25. The molecule has 0 unspecified atom stereocenters. The molecule has 6 heteroatoms. The molecule has 1 aliphatic heterocycles. The Balaban J connectivity index is 1.33. The van der Waals surface area contributed by atoms with E-state index in [0.717, 1.165) is 32.4 Å². The third kappa shape index (κ3) is 4.22. The molecule has 0 saturated carbocycles. The predicted molar refractivity (Wildman–Crippen MR) is 106 cm³/mol. The number of rotatable bonds is 5. The molecule has 1 fully saturated rings. The number of carbonyl (C=O) groups excluding carboxylic acids is 1. The third-order valence-corrected chi connectivity index (χ3v) is 5.29. The summed E-state index contributed by atoms with van der Waals surface area (Å²) in [5.41, 5.74) is 1.57. The lowest BCUT2D eigenvalue weighted by Gasteiger charge is -2.32. The van der Waals surface area contributed by atoms with Gasteiger partial charge in [-0.15, -0.1) is 0 Å². The van der Waals surface area contributed by atoms with Crippen LogP contribution in [0.25, 0.3) is 11.5 Å². The molecule has 144 valence electrons. The number of nitrogens with zero attached hydrogens (tertiary/aromatic N) is 3. The predicted octanol–water partition coefficient (Wildman–Crippen LogP) is 2.98. The minimum atomic E-state index is -0.256. The fraction of sp³-hybridized carbons (Fsp3) is 0.318. The molecule has 28 heavy (non-hydrogen) atoms. The third-order valence-electron chi connectivity index (χ3n) is 5.29. The highest BCUT2D eigenvalue weighted by molar-refractivity contribution is 5.76. The molecule has 1 amide bonds. The van der Waals surface area contributed by atoms with Crippen LogP contribution in [0.1, 0.15) is 18.4 Å². The Bertz CT molecular complexity index is 972. The van der Waals surface area contributed by atoms with Crippen molar-refractivity contribution in [2.24, 2.45) is 5.92 Å². The first kappa shape index (κ1) is 18.2. The van der Waals surface area contributed by atoms with Gasteiger partial charge in [0.25, 0.3) is 5.56 Å².